The van der Waals surface area contributed by atoms with Gasteiger partial charge in [0.25, 0.3) is 0 Å². The van der Waals surface area contributed by atoms with Crippen molar-refractivity contribution < 1.29 is 9.18 Å². The quantitative estimate of drug-likeness (QED) is 0.799. The summed E-state index contributed by atoms with van der Waals surface area (Å²) in [6.07, 6.45) is 6.23. The summed E-state index contributed by atoms with van der Waals surface area (Å²) in [5.41, 5.74) is 1.86. The highest BCUT2D eigenvalue weighted by Crippen LogP contribution is 2.18. The van der Waals surface area contributed by atoms with E-state index in [0.29, 0.717) is 5.92 Å². The first-order chi connectivity index (χ1) is 13.7. The van der Waals surface area contributed by atoms with Crippen molar-refractivity contribution in [1.29, 1.82) is 0 Å². The van der Waals surface area contributed by atoms with Crippen LogP contribution in [0.1, 0.15) is 31.4 Å². The van der Waals surface area contributed by atoms with Gasteiger partial charge in [-0.25, -0.2) is 9.07 Å². The van der Waals surface area contributed by atoms with E-state index in [2.05, 4.69) is 20.6 Å². The van der Waals surface area contributed by atoms with Crippen molar-refractivity contribution in [3.63, 3.8) is 0 Å². The van der Waals surface area contributed by atoms with Crippen LogP contribution in [0.25, 0.3) is 5.69 Å². The molecule has 2 unspecified atom stereocenters. The Kier molecular flexibility index (Phi) is 6.02. The molecule has 1 aromatic carbocycles. The molecule has 2 fully saturated rings. The van der Waals surface area contributed by atoms with Crippen molar-refractivity contribution in [2.24, 2.45) is 5.92 Å². The number of halogens is 1. The zero-order chi connectivity index (χ0) is 19.3. The number of nitrogens with zero attached hydrogens (tertiary/aromatic N) is 3. The first-order valence-electron chi connectivity index (χ1n) is 10.2. The van der Waals surface area contributed by atoms with Crippen LogP contribution in [-0.2, 0) is 11.3 Å². The number of hydrogen-bond donors (Lipinski definition) is 2. The molecule has 2 N–H and O–H groups in total. The monoisotopic (exact) mass is 385 g/mol. The Labute approximate surface area is 165 Å². The van der Waals surface area contributed by atoms with Crippen LogP contribution in [0, 0.1) is 11.7 Å². The van der Waals surface area contributed by atoms with Crippen LogP contribution in [0.4, 0.5) is 4.39 Å². The number of piperidine rings is 1. The van der Waals surface area contributed by atoms with E-state index in [0.717, 1.165) is 69.8 Å². The van der Waals surface area contributed by atoms with E-state index >= 15 is 0 Å². The third kappa shape index (κ3) is 4.77. The third-order valence-corrected chi connectivity index (χ3v) is 5.67. The molecule has 1 amide bonds. The summed E-state index contributed by atoms with van der Waals surface area (Å²) < 4.78 is 14.9. The Morgan fingerprint density at radius 2 is 2.07 bits per heavy atom. The molecule has 3 heterocycles. The second-order valence-corrected chi connectivity index (χ2v) is 7.87. The van der Waals surface area contributed by atoms with Gasteiger partial charge in [-0.2, -0.15) is 5.10 Å². The number of carbonyl (C=O) groups excluding carboxylic acids is 1. The number of benzene rings is 1. The lowest BCUT2D eigenvalue weighted by Crippen LogP contribution is -2.45. The summed E-state index contributed by atoms with van der Waals surface area (Å²) in [4.78, 5) is 14.6. The lowest BCUT2D eigenvalue weighted by atomic mass is 9.97. The Morgan fingerprint density at radius 3 is 2.86 bits per heavy atom. The largest absolute Gasteiger partial charge is 0.354 e. The van der Waals surface area contributed by atoms with Gasteiger partial charge in [0.2, 0.25) is 5.91 Å². The maximum Gasteiger partial charge on any atom is 0.237 e. The highest BCUT2D eigenvalue weighted by Gasteiger charge is 2.25. The van der Waals surface area contributed by atoms with Gasteiger partial charge in [0, 0.05) is 25.8 Å². The summed E-state index contributed by atoms with van der Waals surface area (Å²) in [7, 11) is 0. The SMILES string of the molecule is O=C(NCC1CCCN(Cc2ccn(-c3ccc(F)cc3)n2)C1)C1CCCN1. The van der Waals surface area contributed by atoms with Gasteiger partial charge in [-0.05, 0) is 75.0 Å². The third-order valence-electron chi connectivity index (χ3n) is 5.67. The minimum Gasteiger partial charge on any atom is -0.354 e. The summed E-state index contributed by atoms with van der Waals surface area (Å²) in [5.74, 6) is 0.386. The summed E-state index contributed by atoms with van der Waals surface area (Å²) >= 11 is 0. The lowest BCUT2D eigenvalue weighted by molar-refractivity contribution is -0.123. The van der Waals surface area contributed by atoms with Gasteiger partial charge in [0.05, 0.1) is 17.4 Å². The van der Waals surface area contributed by atoms with E-state index < -0.39 is 0 Å². The minimum atomic E-state index is -0.244. The molecule has 2 aliphatic heterocycles. The Hall–Kier alpha value is -2.25. The minimum absolute atomic E-state index is 0.00452. The Morgan fingerprint density at radius 1 is 1.21 bits per heavy atom. The molecule has 28 heavy (non-hydrogen) atoms. The van der Waals surface area contributed by atoms with E-state index in [4.69, 9.17) is 0 Å². The van der Waals surface area contributed by atoms with E-state index in [1.165, 1.54) is 12.1 Å². The van der Waals surface area contributed by atoms with Crippen LogP contribution in [-0.4, -0.2) is 52.8 Å². The molecule has 2 atom stereocenters. The van der Waals surface area contributed by atoms with Crippen molar-refractivity contribution in [2.75, 3.05) is 26.2 Å². The van der Waals surface area contributed by atoms with Crippen LogP contribution in [0.2, 0.25) is 0 Å². The van der Waals surface area contributed by atoms with Gasteiger partial charge in [-0.15, -0.1) is 0 Å². The number of aromatic nitrogens is 2. The second kappa shape index (κ2) is 8.84. The predicted molar refractivity (Wildman–Crippen MR) is 106 cm³/mol. The molecule has 150 valence electrons. The summed E-state index contributed by atoms with van der Waals surface area (Å²) in [6, 6.07) is 8.36. The molecule has 1 aromatic heterocycles. The molecule has 0 aliphatic carbocycles. The van der Waals surface area contributed by atoms with Gasteiger partial charge in [-0.3, -0.25) is 9.69 Å². The zero-order valence-electron chi connectivity index (χ0n) is 16.1. The van der Waals surface area contributed by atoms with Gasteiger partial charge in [0.1, 0.15) is 5.82 Å². The highest BCUT2D eigenvalue weighted by atomic mass is 19.1. The standard InChI is InChI=1S/C21H28FN5O/c22-17-5-7-19(8-6-17)27-12-9-18(25-27)15-26-11-2-3-16(14-26)13-24-21(28)20-4-1-10-23-20/h5-9,12,16,20,23H,1-4,10-11,13-15H2,(H,24,28). The smallest absolute Gasteiger partial charge is 0.237 e. The van der Waals surface area contributed by atoms with E-state index in [1.54, 1.807) is 16.8 Å². The average molecular weight is 385 g/mol. The van der Waals surface area contributed by atoms with E-state index in [9.17, 15) is 9.18 Å². The predicted octanol–water partition coefficient (Wildman–Crippen LogP) is 2.09. The zero-order valence-corrected chi connectivity index (χ0v) is 16.1. The fourth-order valence-electron chi connectivity index (χ4n) is 4.15. The molecule has 2 aliphatic rings. The van der Waals surface area contributed by atoms with Crippen LogP contribution < -0.4 is 10.6 Å². The molecule has 4 rings (SSSR count). The van der Waals surface area contributed by atoms with Crippen molar-refractivity contribution in [3.8, 4) is 5.69 Å². The van der Waals surface area contributed by atoms with Crippen molar-refractivity contribution in [1.82, 2.24) is 25.3 Å². The van der Waals surface area contributed by atoms with Crippen LogP contribution in [0.15, 0.2) is 36.5 Å². The second-order valence-electron chi connectivity index (χ2n) is 7.87. The Balaban J connectivity index is 1.28. The maximum atomic E-state index is 13.1. The molecule has 0 spiro atoms. The number of carbonyl (C=O) groups is 1. The normalized spacial score (nSPS) is 23.0. The number of likely N-dealkylation sites (tertiary alicyclic amines) is 1. The van der Waals surface area contributed by atoms with E-state index in [-0.39, 0.29) is 17.8 Å². The topological polar surface area (TPSA) is 62.2 Å². The van der Waals surface area contributed by atoms with Crippen LogP contribution in [0.3, 0.4) is 0 Å². The van der Waals surface area contributed by atoms with Crippen molar-refractivity contribution in [3.05, 3.63) is 48.0 Å². The number of nitrogens with one attached hydrogen (secondary N) is 2. The lowest BCUT2D eigenvalue weighted by Gasteiger charge is -2.32. The first-order valence-corrected chi connectivity index (χ1v) is 10.2. The molecular formula is C21H28FN5O. The Bertz CT molecular complexity index is 784. The summed E-state index contributed by atoms with van der Waals surface area (Å²) in [6.45, 7) is 4.51. The van der Waals surface area contributed by atoms with Crippen LogP contribution in [0.5, 0.6) is 0 Å². The number of rotatable bonds is 6. The molecule has 6 nitrogen and oxygen atoms in total. The fourth-order valence-corrected chi connectivity index (χ4v) is 4.15. The van der Waals surface area contributed by atoms with Crippen molar-refractivity contribution >= 4 is 5.91 Å². The molecule has 2 saturated heterocycles. The van der Waals surface area contributed by atoms with Gasteiger partial charge < -0.3 is 10.6 Å². The number of hydrogen-bond acceptors (Lipinski definition) is 4. The molecule has 2 aromatic rings. The first kappa shape index (κ1) is 19.1. The molecular weight excluding hydrogens is 357 g/mol. The van der Waals surface area contributed by atoms with Gasteiger partial charge in [0.15, 0.2) is 0 Å². The number of amides is 1. The molecule has 0 radical (unpaired) electrons. The maximum absolute atomic E-state index is 13.1. The van der Waals surface area contributed by atoms with Gasteiger partial charge >= 0.3 is 0 Å². The molecule has 0 saturated carbocycles. The summed E-state index contributed by atoms with van der Waals surface area (Å²) in [5, 5.41) is 11.0. The van der Waals surface area contributed by atoms with E-state index in [1.807, 2.05) is 12.3 Å². The molecule has 7 heteroatoms. The van der Waals surface area contributed by atoms with Crippen molar-refractivity contribution in [2.45, 2.75) is 38.3 Å². The average Bonchev–Trinajstić information content (AvgIpc) is 3.39. The highest BCUT2D eigenvalue weighted by molar-refractivity contribution is 5.81. The molecule has 0 bridgehead atoms. The van der Waals surface area contributed by atoms with Crippen LogP contribution >= 0.6 is 0 Å². The fraction of sp³-hybridized carbons (Fsp3) is 0.524. The van der Waals surface area contributed by atoms with Gasteiger partial charge in [-0.1, -0.05) is 0 Å².